The van der Waals surface area contributed by atoms with Gasteiger partial charge in [0.05, 0.1) is 4.83 Å². The van der Waals surface area contributed by atoms with E-state index in [-0.39, 0.29) is 10.7 Å². The van der Waals surface area contributed by atoms with Gasteiger partial charge in [0.1, 0.15) is 0 Å². The minimum Gasteiger partial charge on any atom is -0.267 e. The molecule has 1 atom stereocenters. The molecule has 12 heavy (non-hydrogen) atoms. The minimum absolute atomic E-state index is 0.0754. The Morgan fingerprint density at radius 3 is 2.83 bits per heavy atom. The SMILES string of the molecule is O=C1N=CC(Br)c2ccccc21. The van der Waals surface area contributed by atoms with E-state index < -0.39 is 0 Å². The van der Waals surface area contributed by atoms with Crippen molar-refractivity contribution in [2.75, 3.05) is 0 Å². The monoisotopic (exact) mass is 223 g/mol. The molecule has 0 N–H and O–H groups in total. The topological polar surface area (TPSA) is 29.4 Å². The fraction of sp³-hybridized carbons (Fsp3) is 0.111. The number of hydrogen-bond acceptors (Lipinski definition) is 1. The summed E-state index contributed by atoms with van der Waals surface area (Å²) in [4.78, 5) is 15.0. The molecule has 0 spiro atoms. The highest BCUT2D eigenvalue weighted by Crippen LogP contribution is 2.27. The number of fused-ring (bicyclic) bond motifs is 1. The predicted molar refractivity (Wildman–Crippen MR) is 50.9 cm³/mol. The van der Waals surface area contributed by atoms with Gasteiger partial charge in [0.15, 0.2) is 0 Å². The van der Waals surface area contributed by atoms with E-state index >= 15 is 0 Å². The van der Waals surface area contributed by atoms with E-state index in [4.69, 9.17) is 0 Å². The lowest BCUT2D eigenvalue weighted by Crippen LogP contribution is -2.09. The zero-order chi connectivity index (χ0) is 8.55. The summed E-state index contributed by atoms with van der Waals surface area (Å²) >= 11 is 3.41. The Labute approximate surface area is 78.4 Å². The second-order valence-electron chi connectivity index (χ2n) is 2.57. The molecule has 1 aromatic carbocycles. The molecule has 2 rings (SSSR count). The molecule has 0 fully saturated rings. The minimum atomic E-state index is -0.152. The highest BCUT2D eigenvalue weighted by molar-refractivity contribution is 9.09. The van der Waals surface area contributed by atoms with Crippen LogP contribution in [-0.4, -0.2) is 12.1 Å². The molecule has 1 unspecified atom stereocenters. The number of amides is 1. The molecule has 0 saturated carbocycles. The number of aliphatic imine (C=N–C) groups is 1. The highest BCUT2D eigenvalue weighted by Gasteiger charge is 2.18. The first-order chi connectivity index (χ1) is 5.79. The van der Waals surface area contributed by atoms with Crippen molar-refractivity contribution in [1.82, 2.24) is 0 Å². The quantitative estimate of drug-likeness (QED) is 0.622. The third-order valence-electron chi connectivity index (χ3n) is 1.81. The molecule has 1 aliphatic rings. The van der Waals surface area contributed by atoms with Crippen molar-refractivity contribution in [3.8, 4) is 0 Å². The van der Waals surface area contributed by atoms with Crippen LogP contribution in [0.3, 0.4) is 0 Å². The first kappa shape index (κ1) is 7.68. The number of nitrogens with zero attached hydrogens (tertiary/aromatic N) is 1. The van der Waals surface area contributed by atoms with Gasteiger partial charge >= 0.3 is 0 Å². The number of carbonyl (C=O) groups excluding carboxylic acids is 1. The molecule has 1 amide bonds. The summed E-state index contributed by atoms with van der Waals surface area (Å²) in [6.07, 6.45) is 1.62. The van der Waals surface area contributed by atoms with Gasteiger partial charge in [-0.15, -0.1) is 0 Å². The molecule has 0 radical (unpaired) electrons. The van der Waals surface area contributed by atoms with Crippen LogP contribution >= 0.6 is 15.9 Å². The van der Waals surface area contributed by atoms with E-state index in [1.165, 1.54) is 0 Å². The van der Waals surface area contributed by atoms with E-state index in [9.17, 15) is 4.79 Å². The first-order valence-electron chi connectivity index (χ1n) is 3.60. The largest absolute Gasteiger partial charge is 0.277 e. The Bertz CT molecular complexity index is 359. The summed E-state index contributed by atoms with van der Waals surface area (Å²) in [6, 6.07) is 7.48. The lowest BCUT2D eigenvalue weighted by atomic mass is 10.0. The van der Waals surface area contributed by atoms with E-state index in [2.05, 4.69) is 20.9 Å². The highest BCUT2D eigenvalue weighted by atomic mass is 79.9. The number of carbonyl (C=O) groups is 1. The van der Waals surface area contributed by atoms with E-state index in [0.29, 0.717) is 5.56 Å². The molecular weight excluding hydrogens is 218 g/mol. The molecule has 1 aliphatic heterocycles. The lowest BCUT2D eigenvalue weighted by molar-refractivity contribution is 0.100. The summed E-state index contributed by atoms with van der Waals surface area (Å²) in [5.41, 5.74) is 1.69. The van der Waals surface area contributed by atoms with Gasteiger partial charge < -0.3 is 0 Å². The Kier molecular flexibility index (Phi) is 1.81. The number of halogens is 1. The van der Waals surface area contributed by atoms with E-state index in [1.54, 1.807) is 12.3 Å². The maximum atomic E-state index is 11.2. The fourth-order valence-corrected chi connectivity index (χ4v) is 1.73. The van der Waals surface area contributed by atoms with Gasteiger partial charge in [-0.3, -0.25) is 4.79 Å². The first-order valence-corrected chi connectivity index (χ1v) is 4.52. The molecule has 1 heterocycles. The van der Waals surface area contributed by atoms with Crippen LogP contribution < -0.4 is 0 Å². The van der Waals surface area contributed by atoms with E-state index in [1.807, 2.05) is 18.2 Å². The van der Waals surface area contributed by atoms with Crippen LogP contribution in [-0.2, 0) is 0 Å². The average Bonchev–Trinajstić information content (AvgIpc) is 2.12. The molecular formula is C9H6BrNO. The molecule has 3 heteroatoms. The Morgan fingerprint density at radius 1 is 1.33 bits per heavy atom. The van der Waals surface area contributed by atoms with Crippen molar-refractivity contribution >= 4 is 28.1 Å². The molecule has 0 aliphatic carbocycles. The van der Waals surface area contributed by atoms with Gasteiger partial charge in [0.25, 0.3) is 5.91 Å². The summed E-state index contributed by atoms with van der Waals surface area (Å²) in [6.45, 7) is 0. The average molecular weight is 224 g/mol. The van der Waals surface area contributed by atoms with Gasteiger partial charge in [-0.1, -0.05) is 34.1 Å². The third kappa shape index (κ3) is 1.10. The summed E-state index contributed by atoms with van der Waals surface area (Å²) in [7, 11) is 0. The maximum absolute atomic E-state index is 11.2. The normalized spacial score (nSPS) is 20.8. The fourth-order valence-electron chi connectivity index (χ4n) is 1.22. The van der Waals surface area contributed by atoms with Crippen LogP contribution in [0.15, 0.2) is 29.3 Å². The van der Waals surface area contributed by atoms with Crippen molar-refractivity contribution in [2.45, 2.75) is 4.83 Å². The van der Waals surface area contributed by atoms with Crippen molar-refractivity contribution in [3.63, 3.8) is 0 Å². The van der Waals surface area contributed by atoms with Gasteiger partial charge in [0.2, 0.25) is 0 Å². The molecule has 1 aromatic rings. The third-order valence-corrected chi connectivity index (χ3v) is 2.54. The van der Waals surface area contributed by atoms with Crippen LogP contribution in [0.1, 0.15) is 20.7 Å². The lowest BCUT2D eigenvalue weighted by Gasteiger charge is -2.12. The smallest absolute Gasteiger partial charge is 0.267 e. The van der Waals surface area contributed by atoms with E-state index in [0.717, 1.165) is 5.56 Å². The van der Waals surface area contributed by atoms with Crippen LogP contribution in [0.5, 0.6) is 0 Å². The predicted octanol–water partition coefficient (Wildman–Crippen LogP) is 2.35. The molecule has 60 valence electrons. The van der Waals surface area contributed by atoms with Crippen LogP contribution in [0.25, 0.3) is 0 Å². The van der Waals surface area contributed by atoms with Gasteiger partial charge in [-0.2, -0.15) is 0 Å². The standard InChI is InChI=1S/C9H6BrNO/c10-8-5-11-9(12)7-4-2-1-3-6(7)8/h1-5,8H. The summed E-state index contributed by atoms with van der Waals surface area (Å²) < 4.78 is 0. The number of rotatable bonds is 0. The maximum Gasteiger partial charge on any atom is 0.277 e. The van der Waals surface area contributed by atoms with Crippen molar-refractivity contribution in [3.05, 3.63) is 35.4 Å². The van der Waals surface area contributed by atoms with Crippen LogP contribution in [0.2, 0.25) is 0 Å². The van der Waals surface area contributed by atoms with Crippen LogP contribution in [0, 0.1) is 0 Å². The second-order valence-corrected chi connectivity index (χ2v) is 3.56. The molecule has 0 aromatic heterocycles. The van der Waals surface area contributed by atoms with Gasteiger partial charge in [0, 0.05) is 11.8 Å². The number of benzene rings is 1. The second kappa shape index (κ2) is 2.83. The molecule has 0 bridgehead atoms. The number of alkyl halides is 1. The Morgan fingerprint density at radius 2 is 2.08 bits per heavy atom. The summed E-state index contributed by atoms with van der Waals surface area (Å²) in [5.74, 6) is -0.152. The Balaban J connectivity index is 2.61. The number of hydrogen-bond donors (Lipinski definition) is 0. The van der Waals surface area contributed by atoms with Crippen molar-refractivity contribution < 1.29 is 4.79 Å². The zero-order valence-electron chi connectivity index (χ0n) is 6.20. The zero-order valence-corrected chi connectivity index (χ0v) is 7.78. The summed E-state index contributed by atoms with van der Waals surface area (Å²) in [5, 5.41) is 0. The molecule has 0 saturated heterocycles. The van der Waals surface area contributed by atoms with Crippen molar-refractivity contribution in [1.29, 1.82) is 0 Å². The van der Waals surface area contributed by atoms with Gasteiger partial charge in [-0.25, -0.2) is 4.99 Å². The molecule has 2 nitrogen and oxygen atoms in total. The van der Waals surface area contributed by atoms with Gasteiger partial charge in [-0.05, 0) is 11.6 Å². The Hall–Kier alpha value is -0.960. The van der Waals surface area contributed by atoms with Crippen molar-refractivity contribution in [2.24, 2.45) is 4.99 Å². The van der Waals surface area contributed by atoms with Crippen LogP contribution in [0.4, 0.5) is 0 Å².